The van der Waals surface area contributed by atoms with Gasteiger partial charge in [0.05, 0.1) is 13.0 Å². The summed E-state index contributed by atoms with van der Waals surface area (Å²) in [5, 5.41) is 0. The van der Waals surface area contributed by atoms with Gasteiger partial charge in [-0.05, 0) is 24.1 Å². The molecule has 1 rings (SSSR count). The zero-order valence-electron chi connectivity index (χ0n) is 17.4. The average Bonchev–Trinajstić information content (AvgIpc) is 2.70. The van der Waals surface area contributed by atoms with Gasteiger partial charge in [0.25, 0.3) is 0 Å². The van der Waals surface area contributed by atoms with Crippen LogP contribution in [0, 0.1) is 0 Å². The molecule has 0 saturated heterocycles. The highest BCUT2D eigenvalue weighted by molar-refractivity contribution is 6.18. The van der Waals surface area contributed by atoms with E-state index in [1.165, 1.54) is 44.9 Å². The van der Waals surface area contributed by atoms with Crippen molar-refractivity contribution in [1.82, 2.24) is 0 Å². The number of nitrogens with zero attached hydrogens (tertiary/aromatic N) is 1. The van der Waals surface area contributed by atoms with Gasteiger partial charge in [-0.1, -0.05) is 70.4 Å². The SMILES string of the molecule is CCCCCCCCCCCOC(=O)Cc1ccc(N(CCCl)CCCl)cc1. The van der Waals surface area contributed by atoms with E-state index in [1.54, 1.807) is 0 Å². The van der Waals surface area contributed by atoms with Crippen LogP contribution in [0.5, 0.6) is 0 Å². The van der Waals surface area contributed by atoms with E-state index in [-0.39, 0.29) is 5.97 Å². The van der Waals surface area contributed by atoms with E-state index in [2.05, 4.69) is 11.8 Å². The van der Waals surface area contributed by atoms with Crippen LogP contribution in [0.15, 0.2) is 24.3 Å². The summed E-state index contributed by atoms with van der Waals surface area (Å²) in [5.74, 6) is 0.971. The Kier molecular flexibility index (Phi) is 15.2. The number of ether oxygens (including phenoxy) is 1. The van der Waals surface area contributed by atoms with Gasteiger partial charge >= 0.3 is 5.97 Å². The van der Waals surface area contributed by atoms with Gasteiger partial charge in [-0.25, -0.2) is 0 Å². The number of anilines is 1. The lowest BCUT2D eigenvalue weighted by Gasteiger charge is -2.23. The van der Waals surface area contributed by atoms with Crippen LogP contribution in [0.3, 0.4) is 0 Å². The number of carbonyl (C=O) groups is 1. The lowest BCUT2D eigenvalue weighted by molar-refractivity contribution is -0.142. The highest BCUT2D eigenvalue weighted by Crippen LogP contribution is 2.16. The summed E-state index contributed by atoms with van der Waals surface area (Å²) in [6.45, 7) is 4.30. The molecular formula is C23H37Cl2NO2. The van der Waals surface area contributed by atoms with E-state index in [9.17, 15) is 4.79 Å². The minimum atomic E-state index is -0.148. The number of benzene rings is 1. The summed E-state index contributed by atoms with van der Waals surface area (Å²) >= 11 is 11.7. The van der Waals surface area contributed by atoms with Crippen molar-refractivity contribution in [3.05, 3.63) is 29.8 Å². The highest BCUT2D eigenvalue weighted by Gasteiger charge is 2.08. The molecule has 0 bridgehead atoms. The van der Waals surface area contributed by atoms with Crippen molar-refractivity contribution in [1.29, 1.82) is 0 Å². The standard InChI is InChI=1S/C23H37Cl2NO2/c1-2-3-4-5-6-7-8-9-10-19-28-23(27)20-21-11-13-22(14-12-21)26(17-15-24)18-16-25/h11-14H,2-10,15-20H2,1H3. The first kappa shape index (κ1) is 25.1. The Hall–Kier alpha value is -0.930. The Morgan fingerprint density at radius 3 is 1.93 bits per heavy atom. The van der Waals surface area contributed by atoms with E-state index in [0.717, 1.165) is 37.2 Å². The molecule has 0 aromatic heterocycles. The molecule has 0 aliphatic heterocycles. The van der Waals surface area contributed by atoms with Gasteiger partial charge in [0.1, 0.15) is 0 Å². The number of halogens is 2. The van der Waals surface area contributed by atoms with Crippen LogP contribution >= 0.6 is 23.2 Å². The van der Waals surface area contributed by atoms with Crippen LogP contribution in [0.1, 0.15) is 70.3 Å². The van der Waals surface area contributed by atoms with E-state index in [4.69, 9.17) is 27.9 Å². The second-order valence-electron chi connectivity index (χ2n) is 7.26. The molecule has 28 heavy (non-hydrogen) atoms. The fourth-order valence-corrected chi connectivity index (χ4v) is 3.62. The Balaban J connectivity index is 2.16. The van der Waals surface area contributed by atoms with Crippen molar-refractivity contribution in [3.8, 4) is 0 Å². The van der Waals surface area contributed by atoms with Crippen LogP contribution in [-0.2, 0) is 16.0 Å². The third kappa shape index (κ3) is 11.8. The topological polar surface area (TPSA) is 29.5 Å². The fourth-order valence-electron chi connectivity index (χ4n) is 3.22. The summed E-state index contributed by atoms with van der Waals surface area (Å²) in [4.78, 5) is 14.1. The highest BCUT2D eigenvalue weighted by atomic mass is 35.5. The molecule has 160 valence electrons. The Bertz CT molecular complexity index is 502. The minimum absolute atomic E-state index is 0.148. The minimum Gasteiger partial charge on any atom is -0.465 e. The largest absolute Gasteiger partial charge is 0.465 e. The molecule has 0 unspecified atom stereocenters. The van der Waals surface area contributed by atoms with Crippen molar-refractivity contribution in [3.63, 3.8) is 0 Å². The van der Waals surface area contributed by atoms with E-state index in [1.807, 2.05) is 24.3 Å². The van der Waals surface area contributed by atoms with E-state index >= 15 is 0 Å². The number of carbonyl (C=O) groups excluding carboxylic acids is 1. The Morgan fingerprint density at radius 1 is 0.857 bits per heavy atom. The normalized spacial score (nSPS) is 10.8. The summed E-state index contributed by atoms with van der Waals surface area (Å²) in [5.41, 5.74) is 2.05. The van der Waals surface area contributed by atoms with Crippen LogP contribution in [0.4, 0.5) is 5.69 Å². The lowest BCUT2D eigenvalue weighted by atomic mass is 10.1. The molecule has 0 heterocycles. The predicted molar refractivity (Wildman–Crippen MR) is 122 cm³/mol. The Morgan fingerprint density at radius 2 is 1.39 bits per heavy atom. The molecule has 0 N–H and O–H groups in total. The summed E-state index contributed by atoms with van der Waals surface area (Å²) in [6, 6.07) is 7.99. The first-order chi connectivity index (χ1) is 13.7. The molecule has 0 saturated carbocycles. The van der Waals surface area contributed by atoms with Crippen LogP contribution in [-0.4, -0.2) is 37.4 Å². The van der Waals surface area contributed by atoms with Gasteiger partial charge in [-0.15, -0.1) is 23.2 Å². The summed E-state index contributed by atoms with van der Waals surface area (Å²) < 4.78 is 5.38. The third-order valence-corrected chi connectivity index (χ3v) is 5.21. The van der Waals surface area contributed by atoms with Gasteiger partial charge in [-0.2, -0.15) is 0 Å². The average molecular weight is 430 g/mol. The molecule has 0 fully saturated rings. The van der Waals surface area contributed by atoms with Crippen molar-refractivity contribution in [2.45, 2.75) is 71.1 Å². The third-order valence-electron chi connectivity index (χ3n) is 4.87. The maximum atomic E-state index is 12.0. The first-order valence-electron chi connectivity index (χ1n) is 10.8. The lowest BCUT2D eigenvalue weighted by Crippen LogP contribution is -2.27. The van der Waals surface area contributed by atoms with Crippen molar-refractivity contribution >= 4 is 34.9 Å². The molecule has 0 aliphatic rings. The van der Waals surface area contributed by atoms with Crippen molar-refractivity contribution < 1.29 is 9.53 Å². The number of hydrogen-bond acceptors (Lipinski definition) is 3. The molecule has 0 amide bonds. The van der Waals surface area contributed by atoms with E-state index in [0.29, 0.717) is 24.8 Å². The molecule has 1 aromatic carbocycles. The second kappa shape index (κ2) is 17.0. The maximum Gasteiger partial charge on any atom is 0.310 e. The van der Waals surface area contributed by atoms with Gasteiger partial charge in [0, 0.05) is 30.5 Å². The molecule has 0 spiro atoms. The monoisotopic (exact) mass is 429 g/mol. The number of alkyl halides is 2. The molecule has 1 aromatic rings. The second-order valence-corrected chi connectivity index (χ2v) is 8.01. The molecule has 0 atom stereocenters. The van der Waals surface area contributed by atoms with Crippen molar-refractivity contribution in [2.24, 2.45) is 0 Å². The predicted octanol–water partition coefficient (Wildman–Crippen LogP) is 6.59. The molecule has 3 nitrogen and oxygen atoms in total. The fraction of sp³-hybridized carbons (Fsp3) is 0.696. The zero-order valence-corrected chi connectivity index (χ0v) is 18.9. The summed E-state index contributed by atoms with van der Waals surface area (Å²) in [7, 11) is 0. The van der Waals surface area contributed by atoms with Gasteiger partial charge in [-0.3, -0.25) is 4.79 Å². The molecule has 0 radical (unpaired) electrons. The first-order valence-corrected chi connectivity index (χ1v) is 11.9. The van der Waals surface area contributed by atoms with Crippen LogP contribution in [0.25, 0.3) is 0 Å². The molecule has 5 heteroatoms. The number of hydrogen-bond donors (Lipinski definition) is 0. The van der Waals surface area contributed by atoms with Crippen LogP contribution < -0.4 is 4.90 Å². The quantitative estimate of drug-likeness (QED) is 0.159. The maximum absolute atomic E-state index is 12.0. The van der Waals surface area contributed by atoms with E-state index < -0.39 is 0 Å². The van der Waals surface area contributed by atoms with Gasteiger partial charge in [0.15, 0.2) is 0 Å². The Labute approximate surface area is 181 Å². The number of esters is 1. The summed E-state index contributed by atoms with van der Waals surface area (Å²) in [6.07, 6.45) is 11.7. The number of rotatable bonds is 17. The van der Waals surface area contributed by atoms with Gasteiger partial charge < -0.3 is 9.64 Å². The molecule has 0 aliphatic carbocycles. The van der Waals surface area contributed by atoms with Crippen LogP contribution in [0.2, 0.25) is 0 Å². The molecular weight excluding hydrogens is 393 g/mol. The van der Waals surface area contributed by atoms with Gasteiger partial charge in [0.2, 0.25) is 0 Å². The number of unbranched alkanes of at least 4 members (excludes halogenated alkanes) is 8. The smallest absolute Gasteiger partial charge is 0.310 e. The van der Waals surface area contributed by atoms with Crippen molar-refractivity contribution in [2.75, 3.05) is 36.4 Å². The zero-order chi connectivity index (χ0) is 20.5.